The monoisotopic (exact) mass is 1290 g/mol. The molecule has 30 heteroatoms. The van der Waals surface area contributed by atoms with Crippen LogP contribution in [0.15, 0.2) is 152 Å². The van der Waals surface area contributed by atoms with Gasteiger partial charge in [0, 0.05) is 89.4 Å². The molecule has 10 aromatic rings. The highest BCUT2D eigenvalue weighted by molar-refractivity contribution is 6.06. The summed E-state index contributed by atoms with van der Waals surface area (Å²) in [6.07, 6.45) is 9.50. The fourth-order valence-electron chi connectivity index (χ4n) is 9.04. The zero-order chi connectivity index (χ0) is 67.3. The van der Waals surface area contributed by atoms with E-state index in [0.29, 0.717) is 53.0 Å². The number of nitrogen functional groups attached to an aromatic ring is 2. The van der Waals surface area contributed by atoms with Crippen LogP contribution in [-0.4, -0.2) is 102 Å². The largest absolute Gasteiger partial charge is 0.462 e. The number of hydrogen-bond donors (Lipinski definition) is 6. The second-order valence-electron chi connectivity index (χ2n) is 20.0. The Morgan fingerprint density at radius 2 is 0.979 bits per heavy atom. The van der Waals surface area contributed by atoms with Gasteiger partial charge in [0.2, 0.25) is 5.82 Å². The van der Waals surface area contributed by atoms with E-state index in [0.717, 1.165) is 54.2 Å². The van der Waals surface area contributed by atoms with E-state index < -0.39 is 39.3 Å². The average Bonchev–Trinajstić information content (AvgIpc) is 1.68. The van der Waals surface area contributed by atoms with Gasteiger partial charge in [-0.15, -0.1) is 0 Å². The Labute approximate surface area is 539 Å². The lowest BCUT2D eigenvalue weighted by molar-refractivity contribution is -0.387. The lowest BCUT2D eigenvalue weighted by Crippen LogP contribution is -2.11. The van der Waals surface area contributed by atoms with Crippen LogP contribution in [0.25, 0.3) is 0 Å². The summed E-state index contributed by atoms with van der Waals surface area (Å²) in [7, 11) is 8.90. The van der Waals surface area contributed by atoms with Crippen LogP contribution < -0.4 is 32.7 Å². The van der Waals surface area contributed by atoms with Crippen LogP contribution in [0.5, 0.6) is 0 Å². The minimum atomic E-state index is -0.799. The van der Waals surface area contributed by atoms with Gasteiger partial charge in [-0.25, -0.2) is 14.4 Å². The number of aromatic nitrogens is 10. The molecule has 0 saturated carbocycles. The first kappa shape index (κ1) is 70.8. The molecule has 0 radical (unpaired) electrons. The molecule has 0 bridgehead atoms. The number of amides is 1. The number of nitro groups is 2. The molecule has 7 heterocycles. The Morgan fingerprint density at radius 1 is 0.543 bits per heavy atom. The van der Waals surface area contributed by atoms with Gasteiger partial charge in [-0.1, -0.05) is 80.2 Å². The normalized spacial score (nSPS) is 11.1. The molecule has 2 aliphatic rings. The maximum Gasteiger partial charge on any atom is 0.343 e. The molecule has 94 heavy (non-hydrogen) atoms. The van der Waals surface area contributed by atoms with Gasteiger partial charge in [-0.2, -0.15) is 29.9 Å². The van der Waals surface area contributed by atoms with Crippen LogP contribution in [-0.2, 0) is 68.8 Å². The third-order valence-electron chi connectivity index (χ3n) is 13.9. The predicted molar refractivity (Wildman–Crippen MR) is 352 cm³/mol. The van der Waals surface area contributed by atoms with Crippen molar-refractivity contribution in [1.82, 2.24) is 48.9 Å². The molecule has 0 atom stereocenters. The molecular weight excluding hydrogens is 1220 g/mol. The number of rotatable bonds is 12. The highest BCUT2D eigenvalue weighted by Crippen LogP contribution is 2.31. The minimum absolute atomic E-state index is 0. The van der Waals surface area contributed by atoms with E-state index in [-0.39, 0.29) is 36.9 Å². The Kier molecular flexibility index (Phi) is 25.3. The van der Waals surface area contributed by atoms with Crippen molar-refractivity contribution in [2.24, 2.45) is 35.2 Å². The van der Waals surface area contributed by atoms with Crippen LogP contribution >= 0.6 is 0 Å². The maximum atomic E-state index is 12.4. The number of anilines is 8. The molecule has 0 aliphatic carbocycles. The Morgan fingerprint density at radius 3 is 1.52 bits per heavy atom. The van der Waals surface area contributed by atoms with E-state index in [1.165, 1.54) is 68.7 Å². The number of aryl methyl sites for hydroxylation is 5. The van der Waals surface area contributed by atoms with E-state index in [1.807, 2.05) is 67.4 Å². The fourth-order valence-corrected chi connectivity index (χ4v) is 9.04. The number of para-hydroxylation sites is 7. The lowest BCUT2D eigenvalue weighted by atomic mass is 10.1. The third kappa shape index (κ3) is 18.0. The van der Waals surface area contributed by atoms with E-state index in [2.05, 4.69) is 71.0 Å². The van der Waals surface area contributed by atoms with Gasteiger partial charge < -0.3 is 46.9 Å². The van der Waals surface area contributed by atoms with Crippen molar-refractivity contribution in [2.45, 2.75) is 47.6 Å². The summed E-state index contributed by atoms with van der Waals surface area (Å²) in [5.74, 6) is -1.03. The summed E-state index contributed by atoms with van der Waals surface area (Å²) in [4.78, 5) is 66.4. The molecule has 5 aromatic carbocycles. The van der Waals surface area contributed by atoms with Crippen molar-refractivity contribution in [3.05, 3.63) is 229 Å². The first-order valence-corrected chi connectivity index (χ1v) is 28.7. The number of hydrogen-bond acceptors (Lipinski definition) is 21. The first-order chi connectivity index (χ1) is 44.6. The van der Waals surface area contributed by atoms with Gasteiger partial charge >= 0.3 is 23.6 Å². The number of ether oxygens (including phenoxy) is 3. The number of nitrogens with zero attached hydrogens (tertiary/aromatic N) is 12. The van der Waals surface area contributed by atoms with Crippen molar-refractivity contribution in [1.29, 1.82) is 0 Å². The molecule has 0 unspecified atom stereocenters. The van der Waals surface area contributed by atoms with Crippen molar-refractivity contribution >= 4 is 81.1 Å². The average molecular weight is 1290 g/mol. The molecule has 0 saturated heterocycles. The molecule has 1 amide bonds. The second-order valence-corrected chi connectivity index (χ2v) is 20.0. The molecule has 492 valence electrons. The van der Waals surface area contributed by atoms with Gasteiger partial charge in [0.05, 0.1) is 83.3 Å². The quantitative estimate of drug-likeness (QED) is 0.0218. The number of nitrogens with two attached hydrogens (primary N) is 2. The molecule has 29 nitrogen and oxygen atoms in total. The number of benzene rings is 5. The Bertz CT molecular complexity index is 4270. The fraction of sp³-hybridized carbons (Fsp3) is 0.234. The van der Waals surface area contributed by atoms with Gasteiger partial charge in [0.1, 0.15) is 39.8 Å². The maximum absolute atomic E-state index is 12.4. The van der Waals surface area contributed by atoms with Crippen LogP contribution in [0.2, 0.25) is 0 Å². The van der Waals surface area contributed by atoms with Crippen molar-refractivity contribution in [2.75, 3.05) is 52.6 Å². The van der Waals surface area contributed by atoms with Crippen LogP contribution in [0.4, 0.5) is 61.7 Å². The highest BCUT2D eigenvalue weighted by atomic mass is 19.1. The predicted octanol–water partition coefficient (Wildman–Crippen LogP) is 10.2. The molecule has 2 aliphatic heterocycles. The van der Waals surface area contributed by atoms with E-state index in [9.17, 15) is 43.8 Å². The molecule has 8 N–H and O–H groups in total. The van der Waals surface area contributed by atoms with Crippen LogP contribution in [0.3, 0.4) is 0 Å². The Hall–Kier alpha value is -12.2. The van der Waals surface area contributed by atoms with E-state index >= 15 is 0 Å². The van der Waals surface area contributed by atoms with Gasteiger partial charge in [-0.3, -0.25) is 48.4 Å². The topological polar surface area (TPSA) is 372 Å². The first-order valence-electron chi connectivity index (χ1n) is 28.7. The van der Waals surface area contributed by atoms with Gasteiger partial charge in [0.25, 0.3) is 11.6 Å². The summed E-state index contributed by atoms with van der Waals surface area (Å²) in [5, 5.41) is 53.6. The van der Waals surface area contributed by atoms with Gasteiger partial charge in [-0.05, 0) is 68.3 Å². The number of nitrogens with one attached hydrogen (secondary N) is 4. The highest BCUT2D eigenvalue weighted by Gasteiger charge is 2.24. The van der Waals surface area contributed by atoms with Gasteiger partial charge in [0.15, 0.2) is 0 Å². The standard InChI is InChI=1S/C13H14N4O4.C13H16N4O2.C12H11N3O.C12H13N3.C7H11N3O2.C6H4FNO2.CH4/c1-3-21-13(18)9-8-14-16(2)12(9)15-10-6-4-5-7-11(10)17(19)20;1-3-19-13(18)9-8-15-17(2)12(9)16-11-7-5-4-6-10(11)14;1-15-11-6-8-4-2-3-5-10(8)14-12(16)9(11)7-13-15;1-15-12-6-9-4-2-3-5-11(9)13-7-10(12)8-14-15;1-3-12-7(11)5-4-9-10(2)6(5)8;7-5-3-1-2-4-6(5)8(9)10;/h4-8,15H,3H2,1-2H3;4-8,16H,3,14H2,1-2H3;2-5,7H,6H2,1H3,(H,14,16);2-5,8,13H,6-7H2,1H3;4H,3,8H2,1-2H3;1-4H;1H4. The molecule has 12 rings (SSSR count). The van der Waals surface area contributed by atoms with E-state index in [4.69, 9.17) is 25.7 Å². The number of carbonyl (C=O) groups is 4. The number of fused-ring (bicyclic) bond motifs is 4. The number of halogens is 1. The lowest BCUT2D eigenvalue weighted by Gasteiger charge is -2.11. The summed E-state index contributed by atoms with van der Waals surface area (Å²) < 4.78 is 35.2. The minimum Gasteiger partial charge on any atom is -0.462 e. The number of nitro benzene ring substituents is 2. The molecule has 0 spiro atoms. The van der Waals surface area contributed by atoms with Crippen LogP contribution in [0, 0.1) is 26.0 Å². The second kappa shape index (κ2) is 33.5. The van der Waals surface area contributed by atoms with Crippen molar-refractivity contribution in [3.8, 4) is 0 Å². The van der Waals surface area contributed by atoms with E-state index in [1.54, 1.807) is 81.7 Å². The zero-order valence-corrected chi connectivity index (χ0v) is 52.1. The molecular formula is C64H73FN18O11. The van der Waals surface area contributed by atoms with Crippen molar-refractivity contribution < 1.29 is 47.6 Å². The SMILES string of the molecule is C.CCOC(=O)c1cnn(C)c1N.CCOC(=O)c1cnn(C)c1Nc1ccccc1N.CCOC(=O)c1cnn(C)c1Nc1ccccc1[N+](=O)[O-].Cn1ncc2c1Cc1ccccc1NC2.Cn1ncc2c1Cc1ccccc1NC2=O.O=[N+]([O-])c1ccccc1F. The third-order valence-corrected chi connectivity index (χ3v) is 13.9. The zero-order valence-electron chi connectivity index (χ0n) is 52.1. The summed E-state index contributed by atoms with van der Waals surface area (Å²) in [6.45, 7) is 6.97. The molecule has 0 fully saturated rings. The summed E-state index contributed by atoms with van der Waals surface area (Å²) >= 11 is 0. The summed E-state index contributed by atoms with van der Waals surface area (Å²) in [5.41, 5.74) is 22.2. The Balaban J connectivity index is 0.000000181. The van der Waals surface area contributed by atoms with Crippen LogP contribution in [0.1, 0.15) is 97.7 Å². The smallest absolute Gasteiger partial charge is 0.343 e. The number of carbonyl (C=O) groups excluding carboxylic acids is 4. The summed E-state index contributed by atoms with van der Waals surface area (Å²) in [6, 6.07) is 34.8. The molecule has 5 aromatic heterocycles. The van der Waals surface area contributed by atoms with Crippen molar-refractivity contribution in [3.63, 3.8) is 0 Å². The number of esters is 3.